The average Bonchev–Trinajstić information content (AvgIpc) is 2.86. The molecule has 3 aromatic rings. The molecule has 38 heavy (non-hydrogen) atoms. The molecule has 0 bridgehead atoms. The number of nitrogens with two attached hydrogens (primary N) is 1. The fourth-order valence-electron chi connectivity index (χ4n) is 3.92. The predicted octanol–water partition coefficient (Wildman–Crippen LogP) is 5.13. The highest BCUT2D eigenvalue weighted by Gasteiger charge is 2.32. The minimum Gasteiger partial charge on any atom is -0.387 e. The minimum absolute atomic E-state index is 0.00388. The Hall–Kier alpha value is -3.41. The third-order valence-corrected chi connectivity index (χ3v) is 6.01. The molecule has 0 heterocycles. The molecule has 3 rings (SSSR count). The number of carbonyl (C=O) groups is 1. The van der Waals surface area contributed by atoms with Gasteiger partial charge in [-0.05, 0) is 59.5 Å². The van der Waals surface area contributed by atoms with Crippen molar-refractivity contribution in [2.75, 3.05) is 19.6 Å². The topological polar surface area (TPSA) is 86.8 Å². The van der Waals surface area contributed by atoms with Crippen LogP contribution in [-0.2, 0) is 18.8 Å². The Morgan fingerprint density at radius 1 is 0.763 bits per heavy atom. The van der Waals surface area contributed by atoms with Crippen molar-refractivity contribution in [3.8, 4) is 0 Å². The maximum absolute atomic E-state index is 13.1. The van der Waals surface area contributed by atoms with Gasteiger partial charge in [-0.15, -0.1) is 0 Å². The zero-order valence-corrected chi connectivity index (χ0v) is 20.0. The molecule has 0 aromatic heterocycles. The lowest BCUT2D eigenvalue weighted by molar-refractivity contribution is -0.138. The van der Waals surface area contributed by atoms with Crippen LogP contribution in [0, 0.1) is 0 Å². The van der Waals surface area contributed by atoms with Crippen LogP contribution >= 0.6 is 0 Å². The molecule has 5 nitrogen and oxygen atoms in total. The number of aliphatic hydroxyl groups is 2. The summed E-state index contributed by atoms with van der Waals surface area (Å²) in [6.45, 7) is -0.199. The summed E-state index contributed by atoms with van der Waals surface area (Å²) in [7, 11) is 0. The number of halogens is 6. The maximum Gasteiger partial charge on any atom is 0.416 e. The number of benzene rings is 3. The number of amides is 1. The van der Waals surface area contributed by atoms with Crippen LogP contribution < -0.4 is 5.73 Å². The summed E-state index contributed by atoms with van der Waals surface area (Å²) in [6, 6.07) is 14.8. The SMILES string of the molecule is NC(=O)c1ccc(CCN(CC(O)c2cccc(C(F)(F)F)c2)CC(O)c2cccc(C(F)(F)F)c2)cc1. The summed E-state index contributed by atoms with van der Waals surface area (Å²) in [5.74, 6) is -0.605. The predicted molar refractivity (Wildman–Crippen MR) is 128 cm³/mol. The summed E-state index contributed by atoms with van der Waals surface area (Å²) >= 11 is 0. The molecule has 2 atom stereocenters. The van der Waals surface area contributed by atoms with Gasteiger partial charge in [0.1, 0.15) is 0 Å². The van der Waals surface area contributed by atoms with Crippen LogP contribution in [-0.4, -0.2) is 40.7 Å². The number of primary amides is 1. The fraction of sp³-hybridized carbons (Fsp3) is 0.296. The molecule has 0 saturated heterocycles. The summed E-state index contributed by atoms with van der Waals surface area (Å²) in [5, 5.41) is 21.4. The van der Waals surface area contributed by atoms with Gasteiger partial charge in [-0.25, -0.2) is 0 Å². The molecule has 4 N–H and O–H groups in total. The van der Waals surface area contributed by atoms with E-state index in [9.17, 15) is 41.4 Å². The van der Waals surface area contributed by atoms with E-state index in [4.69, 9.17) is 5.73 Å². The average molecular weight is 541 g/mol. The van der Waals surface area contributed by atoms with E-state index in [0.717, 1.165) is 29.8 Å². The molecule has 1 amide bonds. The Labute approximate surface area is 215 Å². The van der Waals surface area contributed by atoms with E-state index in [1.54, 1.807) is 17.0 Å². The second-order valence-corrected chi connectivity index (χ2v) is 8.85. The van der Waals surface area contributed by atoms with Gasteiger partial charge in [0.25, 0.3) is 0 Å². The van der Waals surface area contributed by atoms with E-state index >= 15 is 0 Å². The summed E-state index contributed by atoms with van der Waals surface area (Å²) in [6.07, 6.45) is -11.6. The lowest BCUT2D eigenvalue weighted by Gasteiger charge is -2.28. The van der Waals surface area contributed by atoms with Crippen molar-refractivity contribution in [2.24, 2.45) is 5.73 Å². The van der Waals surface area contributed by atoms with Crippen molar-refractivity contribution in [2.45, 2.75) is 31.0 Å². The standard InChI is InChI=1S/C27H26F6N2O3/c28-26(29,30)21-5-1-3-19(13-21)23(36)15-35(12-11-17-7-9-18(10-8-17)25(34)38)16-24(37)20-4-2-6-22(14-20)27(31,32)33/h1-10,13-14,23-24,36-37H,11-12,15-16H2,(H2,34,38). The lowest BCUT2D eigenvalue weighted by atomic mass is 10.0. The maximum atomic E-state index is 13.1. The molecule has 204 valence electrons. The first-order chi connectivity index (χ1) is 17.7. The summed E-state index contributed by atoms with van der Waals surface area (Å²) < 4.78 is 78.7. The van der Waals surface area contributed by atoms with Crippen molar-refractivity contribution in [3.63, 3.8) is 0 Å². The number of hydrogen-bond acceptors (Lipinski definition) is 4. The van der Waals surface area contributed by atoms with Gasteiger partial charge < -0.3 is 15.9 Å². The van der Waals surface area contributed by atoms with Crippen LogP contribution in [0.25, 0.3) is 0 Å². The third-order valence-electron chi connectivity index (χ3n) is 6.01. The van der Waals surface area contributed by atoms with Crippen molar-refractivity contribution < 1.29 is 41.4 Å². The number of alkyl halides is 6. The molecule has 0 aliphatic rings. The lowest BCUT2D eigenvalue weighted by Crippen LogP contribution is -2.34. The number of nitrogens with zero attached hydrogens (tertiary/aromatic N) is 1. The Morgan fingerprint density at radius 3 is 1.61 bits per heavy atom. The highest BCUT2D eigenvalue weighted by Crippen LogP contribution is 2.32. The zero-order valence-electron chi connectivity index (χ0n) is 20.0. The minimum atomic E-state index is -4.60. The normalized spacial score (nSPS) is 13.9. The van der Waals surface area contributed by atoms with E-state index in [0.29, 0.717) is 12.0 Å². The number of aliphatic hydroxyl groups excluding tert-OH is 2. The molecular formula is C27H26F6N2O3. The van der Waals surface area contributed by atoms with E-state index in [-0.39, 0.29) is 30.8 Å². The van der Waals surface area contributed by atoms with Crippen LogP contribution in [0.1, 0.15) is 50.4 Å². The Kier molecular flexibility index (Phi) is 9.18. The van der Waals surface area contributed by atoms with Gasteiger partial charge in [0.15, 0.2) is 0 Å². The number of carbonyl (C=O) groups excluding carboxylic acids is 1. The zero-order chi connectivity index (χ0) is 28.1. The van der Waals surface area contributed by atoms with Crippen LogP contribution in [0.3, 0.4) is 0 Å². The van der Waals surface area contributed by atoms with Gasteiger partial charge in [-0.2, -0.15) is 26.3 Å². The summed E-state index contributed by atoms with van der Waals surface area (Å²) in [5.41, 5.74) is 4.45. The third kappa shape index (κ3) is 8.04. The van der Waals surface area contributed by atoms with Crippen LogP contribution in [0.2, 0.25) is 0 Å². The van der Waals surface area contributed by atoms with E-state index < -0.39 is 41.6 Å². The van der Waals surface area contributed by atoms with Gasteiger partial charge in [0.2, 0.25) is 5.91 Å². The Morgan fingerprint density at radius 2 is 1.21 bits per heavy atom. The van der Waals surface area contributed by atoms with E-state index in [1.165, 1.54) is 36.4 Å². The van der Waals surface area contributed by atoms with Crippen LogP contribution in [0.5, 0.6) is 0 Å². The monoisotopic (exact) mass is 540 g/mol. The first kappa shape index (κ1) is 29.2. The molecule has 0 aliphatic heterocycles. The molecule has 2 unspecified atom stereocenters. The van der Waals surface area contributed by atoms with Crippen molar-refractivity contribution in [1.29, 1.82) is 0 Å². The number of rotatable bonds is 10. The molecular weight excluding hydrogens is 514 g/mol. The molecule has 11 heteroatoms. The fourth-order valence-corrected chi connectivity index (χ4v) is 3.92. The van der Waals surface area contributed by atoms with Gasteiger partial charge >= 0.3 is 12.4 Å². The van der Waals surface area contributed by atoms with Crippen molar-refractivity contribution >= 4 is 5.91 Å². The van der Waals surface area contributed by atoms with Gasteiger partial charge in [0.05, 0.1) is 23.3 Å². The Bertz CT molecular complexity index is 1160. The molecule has 0 aliphatic carbocycles. The Balaban J connectivity index is 1.80. The first-order valence-corrected chi connectivity index (χ1v) is 11.6. The molecule has 0 fully saturated rings. The van der Waals surface area contributed by atoms with E-state index in [2.05, 4.69) is 0 Å². The van der Waals surface area contributed by atoms with Crippen molar-refractivity contribution in [3.05, 3.63) is 106 Å². The second kappa shape index (κ2) is 12.0. The largest absolute Gasteiger partial charge is 0.416 e. The number of hydrogen-bond donors (Lipinski definition) is 3. The van der Waals surface area contributed by atoms with Crippen LogP contribution in [0.15, 0.2) is 72.8 Å². The quantitative estimate of drug-likeness (QED) is 0.311. The highest BCUT2D eigenvalue weighted by atomic mass is 19.4. The van der Waals surface area contributed by atoms with Gasteiger partial charge in [-0.3, -0.25) is 9.69 Å². The van der Waals surface area contributed by atoms with Crippen molar-refractivity contribution in [1.82, 2.24) is 4.90 Å². The molecule has 0 radical (unpaired) electrons. The first-order valence-electron chi connectivity index (χ1n) is 11.6. The second-order valence-electron chi connectivity index (χ2n) is 8.85. The van der Waals surface area contributed by atoms with Crippen LogP contribution in [0.4, 0.5) is 26.3 Å². The molecule has 0 spiro atoms. The van der Waals surface area contributed by atoms with Gasteiger partial charge in [0, 0.05) is 25.2 Å². The smallest absolute Gasteiger partial charge is 0.387 e. The molecule has 3 aromatic carbocycles. The highest BCUT2D eigenvalue weighted by molar-refractivity contribution is 5.92. The molecule has 0 saturated carbocycles. The van der Waals surface area contributed by atoms with Gasteiger partial charge in [-0.1, -0.05) is 36.4 Å². The van der Waals surface area contributed by atoms with E-state index in [1.807, 2.05) is 0 Å². The summed E-state index contributed by atoms with van der Waals surface area (Å²) in [4.78, 5) is 12.8.